The number of likely N-dealkylation sites (tertiary alicyclic amines) is 1. The number of carbonyl (C=O) groups is 1. The minimum absolute atomic E-state index is 0.0296. The van der Waals surface area contributed by atoms with Gasteiger partial charge in [0.2, 0.25) is 11.8 Å². The van der Waals surface area contributed by atoms with Gasteiger partial charge >= 0.3 is 0 Å². The molecule has 1 amide bonds. The summed E-state index contributed by atoms with van der Waals surface area (Å²) in [5, 5.41) is 4.08. The van der Waals surface area contributed by atoms with Gasteiger partial charge in [-0.1, -0.05) is 19.0 Å². The van der Waals surface area contributed by atoms with Crippen molar-refractivity contribution in [2.24, 2.45) is 5.92 Å². The van der Waals surface area contributed by atoms with Crippen LogP contribution in [0.3, 0.4) is 0 Å². The molecule has 1 aliphatic carbocycles. The van der Waals surface area contributed by atoms with E-state index in [2.05, 4.69) is 10.1 Å². The zero-order valence-electron chi connectivity index (χ0n) is 12.9. The molecule has 1 aliphatic heterocycles. The number of rotatable bonds is 5. The van der Waals surface area contributed by atoms with E-state index in [9.17, 15) is 4.79 Å². The average molecular weight is 293 g/mol. The topological polar surface area (TPSA) is 68.5 Å². The van der Waals surface area contributed by atoms with Crippen molar-refractivity contribution in [2.75, 3.05) is 13.2 Å². The normalized spacial score (nSPS) is 28.4. The van der Waals surface area contributed by atoms with Crippen molar-refractivity contribution < 1.29 is 14.1 Å². The van der Waals surface area contributed by atoms with Crippen LogP contribution >= 0.6 is 0 Å². The summed E-state index contributed by atoms with van der Waals surface area (Å²) < 4.78 is 10.8. The number of hydrogen-bond donors (Lipinski definition) is 0. The van der Waals surface area contributed by atoms with Gasteiger partial charge in [0.25, 0.3) is 0 Å². The van der Waals surface area contributed by atoms with Crippen LogP contribution in [-0.2, 0) is 9.53 Å². The zero-order valence-corrected chi connectivity index (χ0v) is 12.9. The monoisotopic (exact) mass is 293 g/mol. The third kappa shape index (κ3) is 2.81. The van der Waals surface area contributed by atoms with Crippen LogP contribution in [0.4, 0.5) is 0 Å². The Morgan fingerprint density at radius 1 is 1.52 bits per heavy atom. The molecule has 3 atom stereocenters. The molecule has 6 heteroatoms. The summed E-state index contributed by atoms with van der Waals surface area (Å²) in [6, 6.07) is -0.0309. The largest absolute Gasteiger partial charge is 0.378 e. The molecule has 1 aromatic rings. The average Bonchev–Trinajstić information content (AvgIpc) is 2.92. The van der Waals surface area contributed by atoms with E-state index in [-0.39, 0.29) is 29.9 Å². The van der Waals surface area contributed by atoms with E-state index in [0.717, 1.165) is 25.8 Å². The lowest BCUT2D eigenvalue weighted by molar-refractivity contribution is -0.134. The van der Waals surface area contributed by atoms with E-state index < -0.39 is 0 Å². The Labute approximate surface area is 124 Å². The highest BCUT2D eigenvalue weighted by Gasteiger charge is 2.48. The molecule has 0 radical (unpaired) electrons. The van der Waals surface area contributed by atoms with Crippen LogP contribution in [0, 0.1) is 5.92 Å². The second-order valence-electron chi connectivity index (χ2n) is 6.17. The van der Waals surface area contributed by atoms with Crippen LogP contribution in [0.25, 0.3) is 0 Å². The van der Waals surface area contributed by atoms with Gasteiger partial charge in [-0.3, -0.25) is 4.79 Å². The van der Waals surface area contributed by atoms with Crippen molar-refractivity contribution in [1.82, 2.24) is 15.0 Å². The Hall–Kier alpha value is -1.43. The minimum atomic E-state index is -0.0309. The van der Waals surface area contributed by atoms with Gasteiger partial charge < -0.3 is 14.2 Å². The Balaban J connectivity index is 1.69. The first-order valence-electron chi connectivity index (χ1n) is 7.87. The van der Waals surface area contributed by atoms with E-state index in [1.54, 1.807) is 0 Å². The quantitative estimate of drug-likeness (QED) is 0.833. The van der Waals surface area contributed by atoms with Gasteiger partial charge in [0.1, 0.15) is 0 Å². The molecule has 2 heterocycles. The molecule has 2 aliphatic rings. The molecule has 0 spiro atoms. The lowest BCUT2D eigenvalue weighted by Crippen LogP contribution is -2.33. The summed E-state index contributed by atoms with van der Waals surface area (Å²) >= 11 is 0. The second-order valence-corrected chi connectivity index (χ2v) is 6.17. The number of amides is 1. The van der Waals surface area contributed by atoms with Crippen LogP contribution in [0.5, 0.6) is 0 Å². The van der Waals surface area contributed by atoms with Crippen LogP contribution < -0.4 is 0 Å². The van der Waals surface area contributed by atoms with E-state index in [0.29, 0.717) is 18.3 Å². The molecule has 3 unspecified atom stereocenters. The molecule has 0 bridgehead atoms. The first kappa shape index (κ1) is 14.5. The summed E-state index contributed by atoms with van der Waals surface area (Å²) in [4.78, 5) is 18.9. The number of ether oxygens (including phenoxy) is 1. The Bertz CT molecular complexity index is 514. The minimum Gasteiger partial charge on any atom is -0.378 e. The molecular weight excluding hydrogens is 270 g/mol. The summed E-state index contributed by atoms with van der Waals surface area (Å²) in [5.41, 5.74) is 0. The standard InChI is InChI=1S/C15H23N3O3/c1-4-20-12-8-10(12)15(19)18-7-5-6-11(18)13-16-14(9(2)3)21-17-13/h9-12H,4-8H2,1-3H3. The van der Waals surface area contributed by atoms with Crippen LogP contribution in [0.15, 0.2) is 4.52 Å². The SMILES string of the molecule is CCOC1CC1C(=O)N1CCCC1c1noc(C(C)C)n1. The molecule has 6 nitrogen and oxygen atoms in total. The van der Waals surface area contributed by atoms with Gasteiger partial charge in [0.05, 0.1) is 18.1 Å². The summed E-state index contributed by atoms with van der Waals surface area (Å²) in [5.74, 6) is 1.72. The smallest absolute Gasteiger partial charge is 0.229 e. The highest BCUT2D eigenvalue weighted by Crippen LogP contribution is 2.40. The summed E-state index contributed by atoms with van der Waals surface area (Å²) in [7, 11) is 0. The maximum atomic E-state index is 12.6. The lowest BCUT2D eigenvalue weighted by atomic mass is 10.2. The number of hydrogen-bond acceptors (Lipinski definition) is 5. The van der Waals surface area contributed by atoms with Crippen LogP contribution in [-0.4, -0.2) is 40.2 Å². The summed E-state index contributed by atoms with van der Waals surface area (Å²) in [6.07, 6.45) is 2.86. The maximum Gasteiger partial charge on any atom is 0.229 e. The number of aromatic nitrogens is 2. The van der Waals surface area contributed by atoms with Crippen molar-refractivity contribution in [1.29, 1.82) is 0 Å². The van der Waals surface area contributed by atoms with Gasteiger partial charge in [0.15, 0.2) is 5.82 Å². The van der Waals surface area contributed by atoms with Crippen molar-refractivity contribution in [3.63, 3.8) is 0 Å². The molecular formula is C15H23N3O3. The number of carbonyl (C=O) groups excluding carboxylic acids is 1. The predicted octanol–water partition coefficient (Wildman–Crippen LogP) is 2.28. The molecule has 1 aromatic heterocycles. The molecule has 116 valence electrons. The highest BCUT2D eigenvalue weighted by molar-refractivity contribution is 5.82. The van der Waals surface area contributed by atoms with Gasteiger partial charge in [-0.15, -0.1) is 0 Å². The van der Waals surface area contributed by atoms with E-state index in [1.165, 1.54) is 0 Å². The molecule has 1 saturated heterocycles. The predicted molar refractivity (Wildman–Crippen MR) is 75.6 cm³/mol. The third-order valence-electron chi connectivity index (χ3n) is 4.22. The maximum absolute atomic E-state index is 12.6. The fraction of sp³-hybridized carbons (Fsp3) is 0.800. The van der Waals surface area contributed by atoms with Crippen molar-refractivity contribution in [3.05, 3.63) is 11.7 Å². The zero-order chi connectivity index (χ0) is 15.0. The Morgan fingerprint density at radius 2 is 2.33 bits per heavy atom. The fourth-order valence-electron chi connectivity index (χ4n) is 2.96. The molecule has 3 rings (SSSR count). The third-order valence-corrected chi connectivity index (χ3v) is 4.22. The van der Waals surface area contributed by atoms with Gasteiger partial charge in [-0.25, -0.2) is 0 Å². The highest BCUT2D eigenvalue weighted by atomic mass is 16.5. The van der Waals surface area contributed by atoms with Crippen LogP contribution in [0.1, 0.15) is 63.7 Å². The molecule has 2 fully saturated rings. The van der Waals surface area contributed by atoms with Crippen molar-refractivity contribution >= 4 is 5.91 Å². The van der Waals surface area contributed by atoms with Gasteiger partial charge in [-0.2, -0.15) is 4.98 Å². The van der Waals surface area contributed by atoms with Gasteiger partial charge in [-0.05, 0) is 26.2 Å². The first-order chi connectivity index (χ1) is 10.1. The van der Waals surface area contributed by atoms with Crippen molar-refractivity contribution in [2.45, 2.75) is 58.1 Å². The Morgan fingerprint density at radius 3 is 3.00 bits per heavy atom. The van der Waals surface area contributed by atoms with Crippen molar-refractivity contribution in [3.8, 4) is 0 Å². The Kier molecular flexibility index (Phi) is 3.97. The van der Waals surface area contributed by atoms with Crippen LogP contribution in [0.2, 0.25) is 0 Å². The first-order valence-corrected chi connectivity index (χ1v) is 7.87. The molecule has 0 N–H and O–H groups in total. The van der Waals surface area contributed by atoms with E-state index >= 15 is 0 Å². The molecule has 1 saturated carbocycles. The number of nitrogens with zero attached hydrogens (tertiary/aromatic N) is 3. The molecule has 21 heavy (non-hydrogen) atoms. The van der Waals surface area contributed by atoms with E-state index in [4.69, 9.17) is 9.26 Å². The fourth-order valence-corrected chi connectivity index (χ4v) is 2.96. The molecule has 0 aromatic carbocycles. The van der Waals surface area contributed by atoms with E-state index in [1.807, 2.05) is 25.7 Å². The second kappa shape index (κ2) is 5.75. The van der Waals surface area contributed by atoms with Gasteiger partial charge in [0, 0.05) is 19.1 Å². The lowest BCUT2D eigenvalue weighted by Gasteiger charge is -2.22. The summed E-state index contributed by atoms with van der Waals surface area (Å²) in [6.45, 7) is 7.45.